The van der Waals surface area contributed by atoms with Gasteiger partial charge in [0.05, 0.1) is 16.2 Å². The van der Waals surface area contributed by atoms with Crippen molar-refractivity contribution in [2.45, 2.75) is 6.42 Å². The summed E-state index contributed by atoms with van der Waals surface area (Å²) in [7, 11) is 0. The number of phenols is 1. The van der Waals surface area contributed by atoms with Crippen LogP contribution < -0.4 is 5.32 Å². The Kier molecular flexibility index (Phi) is 6.76. The van der Waals surface area contributed by atoms with Gasteiger partial charge in [0.2, 0.25) is 5.91 Å². The largest absolute Gasteiger partial charge is 0.508 e. The third-order valence-corrected chi connectivity index (χ3v) is 5.74. The molecule has 0 bridgehead atoms. The number of hydrogen-bond acceptors (Lipinski definition) is 6. The third kappa shape index (κ3) is 5.18. The summed E-state index contributed by atoms with van der Waals surface area (Å²) in [6.45, 7) is 0.0505. The van der Waals surface area contributed by atoms with Crippen molar-refractivity contribution in [2.24, 2.45) is 0 Å². The molecular weight excluding hydrogens is 448 g/mol. The minimum Gasteiger partial charge on any atom is -0.508 e. The molecule has 0 aromatic heterocycles. The van der Waals surface area contributed by atoms with Gasteiger partial charge >= 0.3 is 5.97 Å². The summed E-state index contributed by atoms with van der Waals surface area (Å²) in [5, 5.41) is 21.7. The molecule has 10 heteroatoms. The Morgan fingerprint density at radius 1 is 1.20 bits per heavy atom. The van der Waals surface area contributed by atoms with Crippen LogP contribution in [0.15, 0.2) is 47.4 Å². The Morgan fingerprint density at radius 3 is 2.57 bits per heavy atom. The van der Waals surface area contributed by atoms with Crippen LogP contribution in [0.3, 0.4) is 0 Å². The lowest BCUT2D eigenvalue weighted by Crippen LogP contribution is -2.31. The third-order valence-electron chi connectivity index (χ3n) is 4.11. The number of aromatic hydroxyl groups is 1. The Labute approximate surface area is 186 Å². The second-order valence-corrected chi connectivity index (χ2v) is 8.33. The van der Waals surface area contributed by atoms with Gasteiger partial charge in [-0.1, -0.05) is 47.7 Å². The Balaban J connectivity index is 1.64. The SMILES string of the molecule is O=C(CCN1C(=O)C(=Cc2ccc(Cl)cc2)SC1=S)Nc1ccc(O)cc1C(=O)O. The van der Waals surface area contributed by atoms with Crippen LogP contribution >= 0.6 is 35.6 Å². The molecule has 0 aliphatic carbocycles. The molecule has 0 atom stereocenters. The highest BCUT2D eigenvalue weighted by Gasteiger charge is 2.32. The summed E-state index contributed by atoms with van der Waals surface area (Å²) in [6, 6.07) is 10.6. The van der Waals surface area contributed by atoms with Crippen molar-refractivity contribution in [2.75, 3.05) is 11.9 Å². The maximum absolute atomic E-state index is 12.6. The number of nitrogens with zero attached hydrogens (tertiary/aromatic N) is 1. The average molecular weight is 463 g/mol. The van der Waals surface area contributed by atoms with Gasteiger partial charge < -0.3 is 15.5 Å². The fourth-order valence-corrected chi connectivity index (χ4v) is 4.08. The Bertz CT molecular complexity index is 1070. The van der Waals surface area contributed by atoms with Crippen molar-refractivity contribution in [1.29, 1.82) is 0 Å². The minimum absolute atomic E-state index is 0.0505. The summed E-state index contributed by atoms with van der Waals surface area (Å²) < 4.78 is 0.337. The highest BCUT2D eigenvalue weighted by molar-refractivity contribution is 8.26. The summed E-state index contributed by atoms with van der Waals surface area (Å²) >= 11 is 12.3. The van der Waals surface area contributed by atoms with E-state index < -0.39 is 11.9 Å². The van der Waals surface area contributed by atoms with Crippen LogP contribution in [0.25, 0.3) is 6.08 Å². The molecule has 0 saturated carbocycles. The van der Waals surface area contributed by atoms with Crippen molar-refractivity contribution < 1.29 is 24.6 Å². The second-order valence-electron chi connectivity index (χ2n) is 6.22. The first kappa shape index (κ1) is 21.8. The van der Waals surface area contributed by atoms with E-state index in [0.717, 1.165) is 23.4 Å². The molecule has 0 radical (unpaired) electrons. The van der Waals surface area contributed by atoms with Gasteiger partial charge in [-0.2, -0.15) is 0 Å². The smallest absolute Gasteiger partial charge is 0.337 e. The molecule has 0 spiro atoms. The molecule has 30 heavy (non-hydrogen) atoms. The van der Waals surface area contributed by atoms with Crippen LogP contribution in [0.1, 0.15) is 22.3 Å². The first-order valence-electron chi connectivity index (χ1n) is 8.61. The van der Waals surface area contributed by atoms with Gasteiger partial charge in [0, 0.05) is 18.0 Å². The van der Waals surface area contributed by atoms with Crippen LogP contribution in [0.2, 0.25) is 5.02 Å². The van der Waals surface area contributed by atoms with E-state index in [1.807, 2.05) is 0 Å². The number of thiocarbonyl (C=S) groups is 1. The fourth-order valence-electron chi connectivity index (χ4n) is 2.65. The zero-order chi connectivity index (χ0) is 21.8. The summed E-state index contributed by atoms with van der Waals surface area (Å²) in [4.78, 5) is 37.9. The number of benzene rings is 2. The number of hydrogen-bond donors (Lipinski definition) is 3. The number of anilines is 1. The number of nitrogens with one attached hydrogen (secondary N) is 1. The fraction of sp³-hybridized carbons (Fsp3) is 0.100. The van der Waals surface area contributed by atoms with E-state index in [4.69, 9.17) is 23.8 Å². The summed E-state index contributed by atoms with van der Waals surface area (Å²) in [5.74, 6) is -2.30. The van der Waals surface area contributed by atoms with Crippen LogP contribution in [0, 0.1) is 0 Å². The number of carboxylic acids is 1. The zero-order valence-electron chi connectivity index (χ0n) is 15.3. The van der Waals surface area contributed by atoms with Crippen molar-refractivity contribution in [1.82, 2.24) is 4.90 Å². The minimum atomic E-state index is -1.29. The predicted molar refractivity (Wildman–Crippen MR) is 120 cm³/mol. The van der Waals surface area contributed by atoms with Crippen LogP contribution in [0.4, 0.5) is 5.69 Å². The second kappa shape index (κ2) is 9.29. The van der Waals surface area contributed by atoms with Crippen molar-refractivity contribution in [3.05, 3.63) is 63.5 Å². The van der Waals surface area contributed by atoms with Gasteiger partial charge in [0.25, 0.3) is 5.91 Å². The Morgan fingerprint density at radius 2 is 1.90 bits per heavy atom. The van der Waals surface area contributed by atoms with Gasteiger partial charge in [-0.25, -0.2) is 4.79 Å². The highest BCUT2D eigenvalue weighted by atomic mass is 35.5. The number of thioether (sulfide) groups is 1. The molecule has 1 saturated heterocycles. The van der Waals surface area contributed by atoms with E-state index >= 15 is 0 Å². The normalized spacial score (nSPS) is 15.0. The maximum Gasteiger partial charge on any atom is 0.337 e. The predicted octanol–water partition coefficient (Wildman–Crippen LogP) is 3.97. The number of carbonyl (C=O) groups excluding carboxylic acids is 2. The molecule has 7 nitrogen and oxygen atoms in total. The molecule has 1 aliphatic heterocycles. The van der Waals surface area contributed by atoms with E-state index in [2.05, 4.69) is 5.32 Å². The molecule has 1 aliphatic rings. The number of rotatable bonds is 6. The quantitative estimate of drug-likeness (QED) is 0.338. The van der Waals surface area contributed by atoms with Gasteiger partial charge in [-0.15, -0.1) is 0 Å². The lowest BCUT2D eigenvalue weighted by molar-refractivity contribution is -0.122. The van der Waals surface area contributed by atoms with Crippen molar-refractivity contribution in [3.8, 4) is 5.75 Å². The zero-order valence-corrected chi connectivity index (χ0v) is 17.7. The number of phenolic OH excluding ortho intramolecular Hbond substituents is 1. The average Bonchev–Trinajstić information content (AvgIpc) is 2.96. The van der Waals surface area contributed by atoms with Gasteiger partial charge in [-0.05, 0) is 42.0 Å². The topological polar surface area (TPSA) is 107 Å². The molecule has 3 rings (SSSR count). The standard InChI is InChI=1S/C20H15ClN2O5S2/c21-12-3-1-11(2-4-12)9-16-18(26)23(20(29)30-16)8-7-17(25)22-15-6-5-13(24)10-14(15)19(27)28/h1-6,9-10,24H,7-8H2,(H,22,25)(H,27,28). The number of carbonyl (C=O) groups is 3. The summed E-state index contributed by atoms with van der Waals surface area (Å²) in [6.07, 6.45) is 1.62. The van der Waals surface area contributed by atoms with Crippen LogP contribution in [-0.2, 0) is 9.59 Å². The van der Waals surface area contributed by atoms with Gasteiger partial charge in [-0.3, -0.25) is 14.5 Å². The lowest BCUT2D eigenvalue weighted by atomic mass is 10.1. The molecule has 3 N–H and O–H groups in total. The maximum atomic E-state index is 12.6. The highest BCUT2D eigenvalue weighted by Crippen LogP contribution is 2.33. The molecule has 154 valence electrons. The van der Waals surface area contributed by atoms with E-state index in [9.17, 15) is 24.6 Å². The molecule has 0 unspecified atom stereocenters. The number of aromatic carboxylic acids is 1. The Hall–Kier alpha value is -2.88. The first-order chi connectivity index (χ1) is 14.2. The molecule has 1 fully saturated rings. The molecule has 2 aromatic rings. The molecule has 2 aromatic carbocycles. The molecule has 1 heterocycles. The van der Waals surface area contributed by atoms with Crippen LogP contribution in [0.5, 0.6) is 5.75 Å². The lowest BCUT2D eigenvalue weighted by Gasteiger charge is -2.14. The number of carboxylic acid groups (broad SMARTS) is 1. The van der Waals surface area contributed by atoms with Gasteiger partial charge in [0.15, 0.2) is 0 Å². The van der Waals surface area contributed by atoms with Crippen molar-refractivity contribution in [3.63, 3.8) is 0 Å². The number of amides is 2. The van der Waals surface area contributed by atoms with Crippen molar-refractivity contribution >= 4 is 69.4 Å². The summed E-state index contributed by atoms with van der Waals surface area (Å²) in [5.41, 5.74) is 0.615. The molecular formula is C20H15ClN2O5S2. The van der Waals surface area contributed by atoms with E-state index in [-0.39, 0.29) is 35.9 Å². The van der Waals surface area contributed by atoms with Gasteiger partial charge in [0.1, 0.15) is 10.1 Å². The molecule has 2 amide bonds. The monoisotopic (exact) mass is 462 g/mol. The van der Waals surface area contributed by atoms with E-state index in [1.54, 1.807) is 30.3 Å². The number of halogens is 1. The van der Waals surface area contributed by atoms with Crippen LogP contribution in [-0.4, -0.2) is 43.8 Å². The van der Waals surface area contributed by atoms with E-state index in [0.29, 0.717) is 14.2 Å². The van der Waals surface area contributed by atoms with E-state index in [1.165, 1.54) is 17.0 Å². The first-order valence-corrected chi connectivity index (χ1v) is 10.2.